The van der Waals surface area contributed by atoms with Crippen LogP contribution in [0, 0.1) is 11.8 Å². The molecule has 4 atom stereocenters. The van der Waals surface area contributed by atoms with E-state index in [1.807, 2.05) is 6.92 Å². The monoisotopic (exact) mass is 156 g/mol. The zero-order valence-electron chi connectivity index (χ0n) is 7.80. The molecule has 4 unspecified atom stereocenters. The number of hydrogen-bond donors (Lipinski definition) is 2. The molecule has 0 radical (unpaired) electrons. The predicted molar refractivity (Wildman–Crippen MR) is 48.4 cm³/mol. The highest BCUT2D eigenvalue weighted by molar-refractivity contribution is 4.85. The van der Waals surface area contributed by atoms with E-state index in [4.69, 9.17) is 5.73 Å². The molecule has 0 spiro atoms. The van der Waals surface area contributed by atoms with Gasteiger partial charge in [0.1, 0.15) is 0 Å². The van der Waals surface area contributed by atoms with Crippen molar-refractivity contribution in [2.45, 2.75) is 39.3 Å². The highest BCUT2D eigenvalue weighted by atomic mass is 14.9. The Morgan fingerprint density at radius 2 is 2.09 bits per heavy atom. The second kappa shape index (κ2) is 3.55. The molecule has 0 bridgehead atoms. The minimum atomic E-state index is 0.268. The van der Waals surface area contributed by atoms with Gasteiger partial charge in [0.25, 0.3) is 0 Å². The molecule has 0 aromatic carbocycles. The van der Waals surface area contributed by atoms with Crippen molar-refractivity contribution >= 4 is 0 Å². The molecule has 11 heavy (non-hydrogen) atoms. The number of nitrogens with one attached hydrogen (secondary N) is 1. The summed E-state index contributed by atoms with van der Waals surface area (Å²) in [6.07, 6.45) is 1.40. The zero-order valence-corrected chi connectivity index (χ0v) is 7.80. The van der Waals surface area contributed by atoms with E-state index in [1.54, 1.807) is 0 Å². The first-order chi connectivity index (χ1) is 5.11. The average Bonchev–Trinajstić information content (AvgIpc) is 2.61. The maximum atomic E-state index is 5.71. The lowest BCUT2D eigenvalue weighted by atomic mass is 10.2. The van der Waals surface area contributed by atoms with Gasteiger partial charge in [0, 0.05) is 12.1 Å². The van der Waals surface area contributed by atoms with Crippen LogP contribution in [0.5, 0.6) is 0 Å². The third-order valence-electron chi connectivity index (χ3n) is 2.77. The topological polar surface area (TPSA) is 38.0 Å². The fourth-order valence-electron chi connectivity index (χ4n) is 1.21. The smallest absolute Gasteiger partial charge is 0.0188 e. The van der Waals surface area contributed by atoms with Crippen LogP contribution in [0.1, 0.15) is 27.2 Å². The van der Waals surface area contributed by atoms with Crippen LogP contribution in [0.4, 0.5) is 0 Å². The van der Waals surface area contributed by atoms with Crippen molar-refractivity contribution in [2.75, 3.05) is 6.54 Å². The molecule has 2 heteroatoms. The zero-order chi connectivity index (χ0) is 8.43. The molecule has 1 rings (SSSR count). The van der Waals surface area contributed by atoms with Crippen LogP contribution in [-0.4, -0.2) is 18.6 Å². The molecule has 0 aromatic heterocycles. The van der Waals surface area contributed by atoms with Gasteiger partial charge >= 0.3 is 0 Å². The maximum absolute atomic E-state index is 5.71. The lowest BCUT2D eigenvalue weighted by Crippen LogP contribution is -2.41. The van der Waals surface area contributed by atoms with E-state index in [0.29, 0.717) is 6.04 Å². The van der Waals surface area contributed by atoms with Gasteiger partial charge < -0.3 is 11.1 Å². The summed E-state index contributed by atoms with van der Waals surface area (Å²) in [6, 6.07) is 0.729. The molecule has 66 valence electrons. The largest absolute Gasteiger partial charge is 0.327 e. The molecule has 3 N–H and O–H groups in total. The van der Waals surface area contributed by atoms with Gasteiger partial charge in [-0.15, -0.1) is 0 Å². The maximum Gasteiger partial charge on any atom is 0.0188 e. The Kier molecular flexibility index (Phi) is 2.90. The molecule has 0 saturated heterocycles. The highest BCUT2D eigenvalue weighted by Gasteiger charge is 2.32. The second-order valence-corrected chi connectivity index (χ2v) is 4.03. The van der Waals surface area contributed by atoms with Crippen molar-refractivity contribution in [3.05, 3.63) is 0 Å². The molecule has 1 fully saturated rings. The van der Waals surface area contributed by atoms with Crippen LogP contribution in [0.2, 0.25) is 0 Å². The molecule has 0 aliphatic heterocycles. The fraction of sp³-hybridized carbons (Fsp3) is 1.00. The van der Waals surface area contributed by atoms with Gasteiger partial charge in [-0.1, -0.05) is 6.92 Å². The third kappa shape index (κ3) is 2.80. The van der Waals surface area contributed by atoms with Crippen LogP contribution < -0.4 is 11.1 Å². The minimum Gasteiger partial charge on any atom is -0.327 e. The normalized spacial score (nSPS) is 34.9. The third-order valence-corrected chi connectivity index (χ3v) is 2.77. The molecule has 0 aromatic rings. The van der Waals surface area contributed by atoms with Crippen LogP contribution in [-0.2, 0) is 0 Å². The number of rotatable bonds is 4. The van der Waals surface area contributed by atoms with E-state index in [-0.39, 0.29) is 6.04 Å². The Balaban J connectivity index is 2.03. The van der Waals surface area contributed by atoms with Gasteiger partial charge in [-0.05, 0) is 38.6 Å². The van der Waals surface area contributed by atoms with Gasteiger partial charge in [-0.25, -0.2) is 0 Å². The summed E-state index contributed by atoms with van der Waals surface area (Å²) in [5.74, 6) is 1.87. The SMILES string of the molecule is CC(N)C(C)NCC1CC1C. The molecular formula is C9H20N2. The lowest BCUT2D eigenvalue weighted by Gasteiger charge is -2.16. The molecule has 0 amide bonds. The average molecular weight is 156 g/mol. The fourth-order valence-corrected chi connectivity index (χ4v) is 1.21. The second-order valence-electron chi connectivity index (χ2n) is 4.03. The van der Waals surface area contributed by atoms with E-state index >= 15 is 0 Å². The summed E-state index contributed by atoms with van der Waals surface area (Å²) in [4.78, 5) is 0. The van der Waals surface area contributed by atoms with Crippen LogP contribution in [0.3, 0.4) is 0 Å². The van der Waals surface area contributed by atoms with E-state index in [2.05, 4.69) is 19.2 Å². The van der Waals surface area contributed by atoms with E-state index in [9.17, 15) is 0 Å². The molecule has 0 heterocycles. The van der Waals surface area contributed by atoms with Crippen molar-refractivity contribution in [1.82, 2.24) is 5.32 Å². The summed E-state index contributed by atoms with van der Waals surface area (Å²) < 4.78 is 0. The Morgan fingerprint density at radius 3 is 2.45 bits per heavy atom. The molecule has 1 saturated carbocycles. The highest BCUT2D eigenvalue weighted by Crippen LogP contribution is 2.36. The molecule has 1 aliphatic rings. The van der Waals surface area contributed by atoms with Gasteiger partial charge in [-0.3, -0.25) is 0 Å². The van der Waals surface area contributed by atoms with Crippen molar-refractivity contribution in [3.63, 3.8) is 0 Å². The summed E-state index contributed by atoms with van der Waals surface area (Å²) in [7, 11) is 0. The summed E-state index contributed by atoms with van der Waals surface area (Å²) in [5, 5.41) is 3.45. The van der Waals surface area contributed by atoms with Crippen LogP contribution in [0.25, 0.3) is 0 Å². The summed E-state index contributed by atoms with van der Waals surface area (Å²) >= 11 is 0. The Labute approximate surface area is 69.5 Å². The van der Waals surface area contributed by atoms with Gasteiger partial charge in [0.2, 0.25) is 0 Å². The Hall–Kier alpha value is -0.0800. The van der Waals surface area contributed by atoms with Crippen molar-refractivity contribution in [3.8, 4) is 0 Å². The van der Waals surface area contributed by atoms with Crippen molar-refractivity contribution in [2.24, 2.45) is 17.6 Å². The first-order valence-electron chi connectivity index (χ1n) is 4.60. The standard InChI is InChI=1S/C9H20N2/c1-6-4-9(6)5-11-8(3)7(2)10/h6-9,11H,4-5,10H2,1-3H3. The van der Waals surface area contributed by atoms with Crippen LogP contribution in [0.15, 0.2) is 0 Å². The quantitative estimate of drug-likeness (QED) is 0.636. The van der Waals surface area contributed by atoms with Gasteiger partial charge in [0.05, 0.1) is 0 Å². The van der Waals surface area contributed by atoms with Crippen LogP contribution >= 0.6 is 0 Å². The van der Waals surface area contributed by atoms with Crippen molar-refractivity contribution in [1.29, 1.82) is 0 Å². The first-order valence-corrected chi connectivity index (χ1v) is 4.60. The van der Waals surface area contributed by atoms with E-state index < -0.39 is 0 Å². The van der Waals surface area contributed by atoms with Gasteiger partial charge in [0.15, 0.2) is 0 Å². The molecule has 2 nitrogen and oxygen atoms in total. The Morgan fingerprint density at radius 1 is 1.55 bits per heavy atom. The summed E-state index contributed by atoms with van der Waals surface area (Å²) in [5.41, 5.74) is 5.71. The number of hydrogen-bond acceptors (Lipinski definition) is 2. The summed E-state index contributed by atoms with van der Waals surface area (Å²) in [6.45, 7) is 7.67. The van der Waals surface area contributed by atoms with E-state index in [0.717, 1.165) is 18.4 Å². The lowest BCUT2D eigenvalue weighted by molar-refractivity contribution is 0.461. The van der Waals surface area contributed by atoms with E-state index in [1.165, 1.54) is 6.42 Å². The number of nitrogens with two attached hydrogens (primary N) is 1. The Bertz CT molecular complexity index is 123. The van der Waals surface area contributed by atoms with Crippen molar-refractivity contribution < 1.29 is 0 Å². The first kappa shape index (κ1) is 9.01. The molecular weight excluding hydrogens is 136 g/mol. The predicted octanol–water partition coefficient (Wildman–Crippen LogP) is 0.968. The van der Waals surface area contributed by atoms with Gasteiger partial charge in [-0.2, -0.15) is 0 Å². The minimum absolute atomic E-state index is 0.268. The molecule has 1 aliphatic carbocycles.